The highest BCUT2D eigenvalue weighted by atomic mass is 35.5. The fourth-order valence-corrected chi connectivity index (χ4v) is 4.06. The number of carbonyl (C=O) groups is 3. The van der Waals surface area contributed by atoms with Gasteiger partial charge in [-0.25, -0.2) is 0 Å². The zero-order valence-corrected chi connectivity index (χ0v) is 19.6. The first-order valence-electron chi connectivity index (χ1n) is 9.48. The highest BCUT2D eigenvalue weighted by Gasteiger charge is 2.36. The van der Waals surface area contributed by atoms with E-state index in [1.165, 1.54) is 13.2 Å². The summed E-state index contributed by atoms with van der Waals surface area (Å²) in [7, 11) is 1.47. The number of halogens is 2. The molecule has 2 aromatic carbocycles. The van der Waals surface area contributed by atoms with Gasteiger partial charge < -0.3 is 14.2 Å². The summed E-state index contributed by atoms with van der Waals surface area (Å²) >= 11 is 13.0. The van der Waals surface area contributed by atoms with Crippen LogP contribution < -0.4 is 9.47 Å². The first-order valence-corrected chi connectivity index (χ1v) is 11.1. The number of ether oxygens (including phenoxy) is 3. The van der Waals surface area contributed by atoms with Crippen molar-refractivity contribution in [3.05, 3.63) is 62.5 Å². The van der Waals surface area contributed by atoms with Crippen LogP contribution in [0.4, 0.5) is 4.79 Å². The smallest absolute Gasteiger partial charge is 0.326 e. The summed E-state index contributed by atoms with van der Waals surface area (Å²) < 4.78 is 16.0. The minimum Gasteiger partial charge on any atom is -0.493 e. The van der Waals surface area contributed by atoms with Crippen LogP contribution in [0.3, 0.4) is 0 Å². The largest absolute Gasteiger partial charge is 0.493 e. The molecular formula is C22H19Cl2NO6S. The third-order valence-corrected chi connectivity index (χ3v) is 5.75. The molecule has 0 saturated carbocycles. The Hall–Kier alpha value is -2.68. The van der Waals surface area contributed by atoms with Gasteiger partial charge in [-0.05, 0) is 60.2 Å². The van der Waals surface area contributed by atoms with Crippen molar-refractivity contribution in [3.63, 3.8) is 0 Å². The van der Waals surface area contributed by atoms with Gasteiger partial charge in [0.1, 0.15) is 13.2 Å². The van der Waals surface area contributed by atoms with Crippen molar-refractivity contribution in [2.24, 2.45) is 0 Å². The van der Waals surface area contributed by atoms with E-state index in [1.807, 2.05) is 12.1 Å². The zero-order valence-electron chi connectivity index (χ0n) is 17.2. The maximum absolute atomic E-state index is 12.6. The molecule has 0 N–H and O–H groups in total. The summed E-state index contributed by atoms with van der Waals surface area (Å²) in [6.45, 7) is 1.62. The molecule has 1 aliphatic rings. The number of carbonyl (C=O) groups excluding carboxylic acids is 3. The molecule has 10 heteroatoms. The van der Waals surface area contributed by atoms with Crippen molar-refractivity contribution < 1.29 is 28.6 Å². The van der Waals surface area contributed by atoms with Crippen LogP contribution in [0.1, 0.15) is 18.1 Å². The molecule has 2 amide bonds. The number of amides is 2. The number of nitrogens with zero attached hydrogens (tertiary/aromatic N) is 1. The molecule has 168 valence electrons. The van der Waals surface area contributed by atoms with E-state index in [-0.39, 0.29) is 23.1 Å². The number of thioether (sulfide) groups is 1. The van der Waals surface area contributed by atoms with E-state index >= 15 is 0 Å². The zero-order chi connectivity index (χ0) is 23.3. The fourth-order valence-electron chi connectivity index (χ4n) is 2.82. The van der Waals surface area contributed by atoms with Gasteiger partial charge in [-0.2, -0.15) is 0 Å². The third-order valence-electron chi connectivity index (χ3n) is 4.31. The lowest BCUT2D eigenvalue weighted by molar-refractivity contribution is -0.145. The number of esters is 1. The summed E-state index contributed by atoms with van der Waals surface area (Å²) in [5.74, 6) is -0.519. The van der Waals surface area contributed by atoms with Gasteiger partial charge in [0, 0.05) is 5.02 Å². The quantitative estimate of drug-likeness (QED) is 0.368. The van der Waals surface area contributed by atoms with Crippen molar-refractivity contribution in [2.75, 3.05) is 20.3 Å². The van der Waals surface area contributed by atoms with Crippen LogP contribution in [-0.2, 0) is 20.9 Å². The molecule has 0 atom stereocenters. The summed E-state index contributed by atoms with van der Waals surface area (Å²) in [6, 6.07) is 10.4. The van der Waals surface area contributed by atoms with Crippen molar-refractivity contribution in [1.29, 1.82) is 0 Å². The van der Waals surface area contributed by atoms with E-state index in [0.29, 0.717) is 22.1 Å². The average molecular weight is 496 g/mol. The number of hydrogen-bond acceptors (Lipinski definition) is 7. The highest BCUT2D eigenvalue weighted by molar-refractivity contribution is 8.18. The number of benzene rings is 2. The normalized spacial score (nSPS) is 14.8. The molecule has 0 aliphatic carbocycles. The van der Waals surface area contributed by atoms with Gasteiger partial charge in [0.15, 0.2) is 11.5 Å². The molecule has 32 heavy (non-hydrogen) atoms. The Morgan fingerprint density at radius 3 is 2.53 bits per heavy atom. The van der Waals surface area contributed by atoms with Gasteiger partial charge >= 0.3 is 5.97 Å². The lowest BCUT2D eigenvalue weighted by Gasteiger charge is -2.14. The SMILES string of the molecule is CCOC(=O)CN1C(=O)S/C(=C/c2cc(Cl)c(OCc3ccc(Cl)cc3)c(OC)c2)C1=O. The monoisotopic (exact) mass is 495 g/mol. The molecule has 2 aromatic rings. The fraction of sp³-hybridized carbons (Fsp3) is 0.227. The lowest BCUT2D eigenvalue weighted by Crippen LogP contribution is -2.34. The molecule has 1 aliphatic heterocycles. The predicted octanol–water partition coefficient (Wildman–Crippen LogP) is 5.18. The molecule has 0 spiro atoms. The molecule has 1 fully saturated rings. The van der Waals surface area contributed by atoms with Gasteiger partial charge in [0.05, 0.1) is 23.6 Å². The lowest BCUT2D eigenvalue weighted by atomic mass is 10.1. The summed E-state index contributed by atoms with van der Waals surface area (Å²) in [5.41, 5.74) is 1.43. The van der Waals surface area contributed by atoms with Gasteiger partial charge in [0.25, 0.3) is 11.1 Å². The molecule has 0 aromatic heterocycles. The average Bonchev–Trinajstić information content (AvgIpc) is 3.01. The molecule has 0 radical (unpaired) electrons. The summed E-state index contributed by atoms with van der Waals surface area (Å²) in [5, 5.41) is 0.353. The Kier molecular flexibility index (Phi) is 8.06. The standard InChI is InChI=1S/C22H19Cl2NO6S/c1-3-30-19(26)11-25-21(27)18(32-22(25)28)10-14-8-16(24)20(17(9-14)29-2)31-12-13-4-6-15(23)7-5-13/h4-10H,3,11-12H2,1-2H3/b18-10+. The van der Waals surface area contributed by atoms with Gasteiger partial charge in [-0.15, -0.1) is 0 Å². The topological polar surface area (TPSA) is 82.1 Å². The number of hydrogen-bond donors (Lipinski definition) is 0. The highest BCUT2D eigenvalue weighted by Crippen LogP contribution is 2.39. The third kappa shape index (κ3) is 5.76. The van der Waals surface area contributed by atoms with Gasteiger partial charge in [-0.3, -0.25) is 19.3 Å². The van der Waals surface area contributed by atoms with Crippen molar-refractivity contribution in [2.45, 2.75) is 13.5 Å². The first kappa shape index (κ1) is 24.0. The van der Waals surface area contributed by atoms with Gasteiger partial charge in [-0.1, -0.05) is 35.3 Å². The van der Waals surface area contributed by atoms with E-state index in [0.717, 1.165) is 22.2 Å². The number of imide groups is 1. The Morgan fingerprint density at radius 1 is 1.16 bits per heavy atom. The van der Waals surface area contributed by atoms with Crippen LogP contribution in [0.15, 0.2) is 41.3 Å². The molecule has 1 saturated heterocycles. The summed E-state index contributed by atoms with van der Waals surface area (Å²) in [6.07, 6.45) is 1.51. The van der Waals surface area contributed by atoms with Crippen LogP contribution in [0, 0.1) is 0 Å². The van der Waals surface area contributed by atoms with Crippen LogP contribution in [0.5, 0.6) is 11.5 Å². The van der Waals surface area contributed by atoms with Crippen molar-refractivity contribution >= 4 is 58.2 Å². The molecular weight excluding hydrogens is 477 g/mol. The first-order chi connectivity index (χ1) is 15.3. The molecule has 1 heterocycles. The van der Waals surface area contributed by atoms with E-state index in [9.17, 15) is 14.4 Å². The van der Waals surface area contributed by atoms with Crippen molar-refractivity contribution in [1.82, 2.24) is 4.90 Å². The van der Waals surface area contributed by atoms with E-state index < -0.39 is 23.7 Å². The van der Waals surface area contributed by atoms with Crippen LogP contribution in [0.2, 0.25) is 10.0 Å². The van der Waals surface area contributed by atoms with Crippen LogP contribution >= 0.6 is 35.0 Å². The second kappa shape index (κ2) is 10.8. The van der Waals surface area contributed by atoms with Crippen LogP contribution in [-0.4, -0.2) is 42.3 Å². The minimum atomic E-state index is -0.650. The van der Waals surface area contributed by atoms with E-state index in [4.69, 9.17) is 37.4 Å². The molecule has 7 nitrogen and oxygen atoms in total. The van der Waals surface area contributed by atoms with E-state index in [2.05, 4.69) is 0 Å². The van der Waals surface area contributed by atoms with E-state index in [1.54, 1.807) is 31.2 Å². The maximum Gasteiger partial charge on any atom is 0.326 e. The number of rotatable bonds is 8. The number of methoxy groups -OCH3 is 1. The van der Waals surface area contributed by atoms with Crippen LogP contribution in [0.25, 0.3) is 6.08 Å². The Balaban J connectivity index is 1.78. The molecule has 0 unspecified atom stereocenters. The Morgan fingerprint density at radius 2 is 1.88 bits per heavy atom. The summed E-state index contributed by atoms with van der Waals surface area (Å²) in [4.78, 5) is 37.4. The minimum absolute atomic E-state index is 0.159. The second-order valence-corrected chi connectivity index (χ2v) is 8.36. The van der Waals surface area contributed by atoms with Gasteiger partial charge in [0.2, 0.25) is 0 Å². The Bertz CT molecular complexity index is 1070. The second-order valence-electron chi connectivity index (χ2n) is 6.52. The van der Waals surface area contributed by atoms with Crippen molar-refractivity contribution in [3.8, 4) is 11.5 Å². The maximum atomic E-state index is 12.6. The predicted molar refractivity (Wildman–Crippen MR) is 123 cm³/mol. The molecule has 0 bridgehead atoms. The molecule has 3 rings (SSSR count). The Labute approximate surface area is 199 Å².